The van der Waals surface area contributed by atoms with E-state index in [-0.39, 0.29) is 5.91 Å². The minimum Gasteiger partial charge on any atom is -0.306 e. The lowest BCUT2D eigenvalue weighted by atomic mass is 10.2. The lowest BCUT2D eigenvalue weighted by molar-refractivity contribution is -0.111. The summed E-state index contributed by atoms with van der Waals surface area (Å²) in [6.45, 7) is 4.00. The summed E-state index contributed by atoms with van der Waals surface area (Å²) in [6.07, 6.45) is 3.29. The minimum absolute atomic E-state index is 0.201. The van der Waals surface area contributed by atoms with Gasteiger partial charge in [0.2, 0.25) is 5.91 Å². The van der Waals surface area contributed by atoms with Gasteiger partial charge >= 0.3 is 0 Å². The zero-order valence-corrected chi connectivity index (χ0v) is 13.7. The predicted octanol–water partition coefficient (Wildman–Crippen LogP) is 4.14. The van der Waals surface area contributed by atoms with Gasteiger partial charge in [0.25, 0.3) is 0 Å². The number of hydrogen-bond acceptors (Lipinski definition) is 2. The molecule has 0 aliphatic heterocycles. The fourth-order valence-electron chi connectivity index (χ4n) is 2.46. The van der Waals surface area contributed by atoms with Crippen LogP contribution in [0.1, 0.15) is 16.8 Å². The standard InChI is InChI=1S/C20H19N3O/c1-15-7-6-10-18(13-15)23-16(2)14-19(22-23)21-20(24)12-11-17-8-4-3-5-9-17/h3-14H,1-2H3,(H,21,22,24)/b12-11+. The maximum atomic E-state index is 12.0. The largest absolute Gasteiger partial charge is 0.306 e. The van der Waals surface area contributed by atoms with Crippen LogP contribution in [0.15, 0.2) is 66.7 Å². The van der Waals surface area contributed by atoms with Crippen molar-refractivity contribution < 1.29 is 4.79 Å². The summed E-state index contributed by atoms with van der Waals surface area (Å²) in [5.74, 6) is 0.337. The molecule has 4 heteroatoms. The van der Waals surface area contributed by atoms with Crippen molar-refractivity contribution in [2.45, 2.75) is 13.8 Å². The van der Waals surface area contributed by atoms with Crippen molar-refractivity contribution in [3.05, 3.63) is 83.6 Å². The van der Waals surface area contributed by atoms with Crippen molar-refractivity contribution in [1.82, 2.24) is 9.78 Å². The Bertz CT molecular complexity index is 879. The van der Waals surface area contributed by atoms with Crippen LogP contribution in [0.4, 0.5) is 5.82 Å². The van der Waals surface area contributed by atoms with Gasteiger partial charge in [-0.3, -0.25) is 4.79 Å². The Balaban J connectivity index is 1.73. The van der Waals surface area contributed by atoms with Gasteiger partial charge in [-0.1, -0.05) is 42.5 Å². The fraction of sp³-hybridized carbons (Fsp3) is 0.100. The molecule has 0 spiro atoms. The number of anilines is 1. The number of benzene rings is 2. The van der Waals surface area contributed by atoms with E-state index in [2.05, 4.69) is 16.5 Å². The molecule has 0 bridgehead atoms. The van der Waals surface area contributed by atoms with Crippen molar-refractivity contribution in [2.24, 2.45) is 0 Å². The van der Waals surface area contributed by atoms with Gasteiger partial charge in [0, 0.05) is 17.8 Å². The number of hydrogen-bond donors (Lipinski definition) is 1. The molecule has 0 saturated heterocycles. The van der Waals surface area contributed by atoms with E-state index in [0.29, 0.717) is 5.82 Å². The van der Waals surface area contributed by atoms with E-state index >= 15 is 0 Å². The van der Waals surface area contributed by atoms with Gasteiger partial charge in [0.1, 0.15) is 0 Å². The van der Waals surface area contributed by atoms with Crippen LogP contribution in [-0.2, 0) is 4.79 Å². The summed E-state index contributed by atoms with van der Waals surface area (Å²) < 4.78 is 1.82. The summed E-state index contributed by atoms with van der Waals surface area (Å²) in [5.41, 5.74) is 4.09. The molecule has 1 amide bonds. The molecule has 24 heavy (non-hydrogen) atoms. The van der Waals surface area contributed by atoms with Crippen LogP contribution in [0.3, 0.4) is 0 Å². The Labute approximate surface area is 141 Å². The summed E-state index contributed by atoms with van der Waals surface area (Å²) >= 11 is 0. The van der Waals surface area contributed by atoms with E-state index in [1.807, 2.05) is 73.1 Å². The van der Waals surface area contributed by atoms with Crippen molar-refractivity contribution in [3.63, 3.8) is 0 Å². The van der Waals surface area contributed by atoms with Crippen molar-refractivity contribution in [1.29, 1.82) is 0 Å². The van der Waals surface area contributed by atoms with Crippen LogP contribution in [0.25, 0.3) is 11.8 Å². The Morgan fingerprint density at radius 1 is 1.04 bits per heavy atom. The van der Waals surface area contributed by atoms with E-state index in [1.165, 1.54) is 11.6 Å². The molecular formula is C20H19N3O. The van der Waals surface area contributed by atoms with E-state index in [4.69, 9.17) is 0 Å². The smallest absolute Gasteiger partial charge is 0.249 e. The second kappa shape index (κ2) is 6.96. The topological polar surface area (TPSA) is 46.9 Å². The van der Waals surface area contributed by atoms with E-state index in [9.17, 15) is 4.79 Å². The number of nitrogens with one attached hydrogen (secondary N) is 1. The lowest BCUT2D eigenvalue weighted by Gasteiger charge is -2.04. The summed E-state index contributed by atoms with van der Waals surface area (Å²) in [5, 5.41) is 7.27. The van der Waals surface area contributed by atoms with Crippen LogP contribution in [0.5, 0.6) is 0 Å². The highest BCUT2D eigenvalue weighted by Crippen LogP contribution is 2.16. The first-order chi connectivity index (χ1) is 11.6. The average Bonchev–Trinajstić information content (AvgIpc) is 2.94. The second-order valence-electron chi connectivity index (χ2n) is 5.66. The molecular weight excluding hydrogens is 298 g/mol. The third-order valence-electron chi connectivity index (χ3n) is 3.61. The number of aryl methyl sites for hydroxylation is 2. The number of rotatable bonds is 4. The fourth-order valence-corrected chi connectivity index (χ4v) is 2.46. The van der Waals surface area contributed by atoms with Gasteiger partial charge in [-0.25, -0.2) is 4.68 Å². The van der Waals surface area contributed by atoms with Crippen LogP contribution >= 0.6 is 0 Å². The monoisotopic (exact) mass is 317 g/mol. The third-order valence-corrected chi connectivity index (χ3v) is 3.61. The minimum atomic E-state index is -0.201. The molecule has 2 aromatic carbocycles. The summed E-state index contributed by atoms with van der Waals surface area (Å²) in [4.78, 5) is 12.0. The molecule has 3 aromatic rings. The molecule has 0 radical (unpaired) electrons. The summed E-state index contributed by atoms with van der Waals surface area (Å²) in [6, 6.07) is 19.6. The maximum Gasteiger partial charge on any atom is 0.249 e. The Hall–Kier alpha value is -3.14. The molecule has 0 unspecified atom stereocenters. The SMILES string of the molecule is Cc1cccc(-n2nc(NC(=O)/C=C/c3ccccc3)cc2C)c1. The molecule has 1 N–H and O–H groups in total. The van der Waals surface area contributed by atoms with E-state index in [1.54, 1.807) is 6.08 Å². The number of carbonyl (C=O) groups is 1. The molecule has 0 aliphatic carbocycles. The molecule has 0 atom stereocenters. The highest BCUT2D eigenvalue weighted by atomic mass is 16.1. The predicted molar refractivity (Wildman–Crippen MR) is 97.1 cm³/mol. The molecule has 0 fully saturated rings. The van der Waals surface area contributed by atoms with Crippen LogP contribution in [0, 0.1) is 13.8 Å². The maximum absolute atomic E-state index is 12.0. The zero-order valence-electron chi connectivity index (χ0n) is 13.7. The number of nitrogens with zero attached hydrogens (tertiary/aromatic N) is 2. The molecule has 120 valence electrons. The normalized spacial score (nSPS) is 10.9. The average molecular weight is 317 g/mol. The van der Waals surface area contributed by atoms with Crippen LogP contribution in [0.2, 0.25) is 0 Å². The number of carbonyl (C=O) groups excluding carboxylic acids is 1. The quantitative estimate of drug-likeness (QED) is 0.735. The van der Waals surface area contributed by atoms with Crippen molar-refractivity contribution in [3.8, 4) is 5.69 Å². The van der Waals surface area contributed by atoms with Crippen molar-refractivity contribution >= 4 is 17.8 Å². The van der Waals surface area contributed by atoms with Gasteiger partial charge in [0.15, 0.2) is 5.82 Å². The first-order valence-electron chi connectivity index (χ1n) is 7.80. The second-order valence-corrected chi connectivity index (χ2v) is 5.66. The third kappa shape index (κ3) is 3.79. The first kappa shape index (κ1) is 15.7. The molecule has 3 rings (SSSR count). The van der Waals surface area contributed by atoms with Gasteiger partial charge in [0.05, 0.1) is 5.69 Å². The highest BCUT2D eigenvalue weighted by molar-refractivity contribution is 6.01. The van der Waals surface area contributed by atoms with E-state index in [0.717, 1.165) is 16.9 Å². The van der Waals surface area contributed by atoms with Gasteiger partial charge < -0.3 is 5.32 Å². The van der Waals surface area contributed by atoms with Gasteiger partial charge in [-0.2, -0.15) is 0 Å². The summed E-state index contributed by atoms with van der Waals surface area (Å²) in [7, 11) is 0. The number of amides is 1. The molecule has 0 aliphatic rings. The number of aromatic nitrogens is 2. The Morgan fingerprint density at radius 2 is 1.83 bits per heavy atom. The molecule has 4 nitrogen and oxygen atoms in total. The zero-order chi connectivity index (χ0) is 16.9. The molecule has 0 saturated carbocycles. The van der Waals surface area contributed by atoms with Crippen LogP contribution in [-0.4, -0.2) is 15.7 Å². The Morgan fingerprint density at radius 3 is 2.58 bits per heavy atom. The highest BCUT2D eigenvalue weighted by Gasteiger charge is 2.08. The van der Waals surface area contributed by atoms with Crippen molar-refractivity contribution in [2.75, 3.05) is 5.32 Å². The Kier molecular flexibility index (Phi) is 4.57. The molecule has 1 aromatic heterocycles. The van der Waals surface area contributed by atoms with Crippen LogP contribution < -0.4 is 5.32 Å². The van der Waals surface area contributed by atoms with E-state index < -0.39 is 0 Å². The van der Waals surface area contributed by atoms with Gasteiger partial charge in [-0.05, 0) is 43.2 Å². The first-order valence-corrected chi connectivity index (χ1v) is 7.80. The molecule has 1 heterocycles. The van der Waals surface area contributed by atoms with Gasteiger partial charge in [-0.15, -0.1) is 5.10 Å². The lowest BCUT2D eigenvalue weighted by Crippen LogP contribution is -2.09.